The van der Waals surface area contributed by atoms with Gasteiger partial charge in [-0.25, -0.2) is 4.79 Å². The third-order valence-electron chi connectivity index (χ3n) is 2.69. The van der Waals surface area contributed by atoms with E-state index >= 15 is 0 Å². The average Bonchev–Trinajstić information content (AvgIpc) is 2.80. The highest BCUT2D eigenvalue weighted by molar-refractivity contribution is 5.98. The Labute approximate surface area is 97.1 Å². The maximum atomic E-state index is 11.4. The average molecular weight is 237 g/mol. The maximum Gasteiger partial charge on any atom is 0.354 e. The highest BCUT2D eigenvalue weighted by Crippen LogP contribution is 2.28. The molecule has 2 heterocycles. The van der Waals surface area contributed by atoms with Crippen LogP contribution in [0.5, 0.6) is 0 Å². The first-order chi connectivity index (χ1) is 8.02. The van der Waals surface area contributed by atoms with Crippen molar-refractivity contribution in [2.45, 2.75) is 12.3 Å². The molecular weight excluding hydrogens is 226 g/mol. The Bertz CT molecular complexity index is 502. The molecule has 0 saturated carbocycles. The Morgan fingerprint density at radius 3 is 2.76 bits per heavy atom. The number of aryl methyl sites for hydroxylation is 1. The van der Waals surface area contributed by atoms with Crippen molar-refractivity contribution in [3.8, 4) is 0 Å². The molecule has 90 valence electrons. The van der Waals surface area contributed by atoms with E-state index in [1.165, 1.54) is 13.2 Å². The summed E-state index contributed by atoms with van der Waals surface area (Å²) in [6.45, 7) is 0. The van der Waals surface area contributed by atoms with Gasteiger partial charge in [0.05, 0.1) is 19.4 Å². The van der Waals surface area contributed by atoms with E-state index in [9.17, 15) is 14.4 Å². The van der Waals surface area contributed by atoms with E-state index in [0.717, 1.165) is 0 Å². The number of carbonyl (C=O) groups is 3. The van der Waals surface area contributed by atoms with Gasteiger partial charge in [-0.1, -0.05) is 0 Å². The fourth-order valence-corrected chi connectivity index (χ4v) is 1.82. The molecule has 1 aliphatic rings. The second kappa shape index (κ2) is 4.04. The lowest BCUT2D eigenvalue weighted by molar-refractivity contribution is -0.152. The summed E-state index contributed by atoms with van der Waals surface area (Å²) in [6.07, 6.45) is 1.64. The summed E-state index contributed by atoms with van der Waals surface area (Å²) in [6, 6.07) is 1.54. The number of aromatic nitrogens is 1. The van der Waals surface area contributed by atoms with Crippen molar-refractivity contribution in [2.24, 2.45) is 7.05 Å². The van der Waals surface area contributed by atoms with Gasteiger partial charge in [-0.15, -0.1) is 0 Å². The van der Waals surface area contributed by atoms with Gasteiger partial charge in [0.2, 0.25) is 0 Å². The first-order valence-corrected chi connectivity index (χ1v) is 5.02. The zero-order valence-corrected chi connectivity index (χ0v) is 9.43. The van der Waals surface area contributed by atoms with Gasteiger partial charge in [-0.3, -0.25) is 9.59 Å². The van der Waals surface area contributed by atoms with Crippen molar-refractivity contribution < 1.29 is 23.9 Å². The predicted molar refractivity (Wildman–Crippen MR) is 55.2 cm³/mol. The van der Waals surface area contributed by atoms with Crippen molar-refractivity contribution in [1.29, 1.82) is 0 Å². The molecule has 2 rings (SSSR count). The summed E-state index contributed by atoms with van der Waals surface area (Å²) < 4.78 is 10.6. The van der Waals surface area contributed by atoms with Gasteiger partial charge in [0.25, 0.3) is 0 Å². The number of hydrogen-bond acceptors (Lipinski definition) is 5. The maximum absolute atomic E-state index is 11.4. The van der Waals surface area contributed by atoms with Crippen LogP contribution in [0.4, 0.5) is 0 Å². The van der Waals surface area contributed by atoms with Crippen molar-refractivity contribution in [3.63, 3.8) is 0 Å². The minimum Gasteiger partial charge on any atom is -0.464 e. The topological polar surface area (TPSA) is 74.6 Å². The molecular formula is C11H11NO5. The number of rotatable bonds is 2. The molecule has 1 unspecified atom stereocenters. The zero-order chi connectivity index (χ0) is 12.6. The molecule has 0 N–H and O–H groups in total. The number of hydrogen-bond donors (Lipinski definition) is 0. The Morgan fingerprint density at radius 2 is 2.24 bits per heavy atom. The van der Waals surface area contributed by atoms with E-state index in [1.807, 2.05) is 0 Å². The quantitative estimate of drug-likeness (QED) is 0.548. The molecule has 6 nitrogen and oxygen atoms in total. The van der Waals surface area contributed by atoms with Crippen LogP contribution in [0.25, 0.3) is 0 Å². The van der Waals surface area contributed by atoms with Gasteiger partial charge in [0, 0.05) is 13.2 Å². The number of methoxy groups -OCH3 is 1. The van der Waals surface area contributed by atoms with Crippen LogP contribution in [-0.4, -0.2) is 29.6 Å². The van der Waals surface area contributed by atoms with Crippen LogP contribution in [-0.2, 0) is 26.1 Å². The molecule has 1 atom stereocenters. The van der Waals surface area contributed by atoms with Gasteiger partial charge < -0.3 is 14.0 Å². The lowest BCUT2D eigenvalue weighted by Crippen LogP contribution is -2.06. The first kappa shape index (κ1) is 11.4. The minimum atomic E-state index is -0.618. The Balaban J connectivity index is 2.32. The summed E-state index contributed by atoms with van der Waals surface area (Å²) in [5.74, 6) is -2.22. The standard InChI is InChI=1S/C11H11NO5/c1-12-5-6(3-8(12)11(15)16-2)7-4-9(13)17-10(7)14/h3,5,7H,4H2,1-2H3. The molecule has 0 bridgehead atoms. The van der Waals surface area contributed by atoms with Crippen LogP contribution < -0.4 is 0 Å². The summed E-state index contributed by atoms with van der Waals surface area (Å²) in [5, 5.41) is 0. The predicted octanol–water partition coefficient (Wildman–Crippen LogP) is 0.369. The smallest absolute Gasteiger partial charge is 0.354 e. The molecule has 0 aromatic carbocycles. The first-order valence-electron chi connectivity index (χ1n) is 5.02. The highest BCUT2D eigenvalue weighted by Gasteiger charge is 2.35. The molecule has 6 heteroatoms. The zero-order valence-electron chi connectivity index (χ0n) is 9.43. The van der Waals surface area contributed by atoms with Gasteiger partial charge >= 0.3 is 17.9 Å². The SMILES string of the molecule is COC(=O)c1cc(C2CC(=O)OC2=O)cn1C. The van der Waals surface area contributed by atoms with E-state index in [4.69, 9.17) is 0 Å². The van der Waals surface area contributed by atoms with Crippen LogP contribution in [0.1, 0.15) is 28.4 Å². The van der Waals surface area contributed by atoms with E-state index in [1.54, 1.807) is 17.8 Å². The normalized spacial score (nSPS) is 19.3. The lowest BCUT2D eigenvalue weighted by atomic mass is 10.0. The van der Waals surface area contributed by atoms with Crippen LogP contribution in [0.15, 0.2) is 12.3 Å². The molecule has 1 aromatic rings. The van der Waals surface area contributed by atoms with Crippen LogP contribution in [0.3, 0.4) is 0 Å². The van der Waals surface area contributed by atoms with Gasteiger partial charge in [-0.2, -0.15) is 0 Å². The molecule has 0 amide bonds. The number of cyclic esters (lactones) is 2. The van der Waals surface area contributed by atoms with Crippen molar-refractivity contribution in [3.05, 3.63) is 23.5 Å². The minimum absolute atomic E-state index is 0.0173. The molecule has 17 heavy (non-hydrogen) atoms. The fraction of sp³-hybridized carbons (Fsp3) is 0.364. The van der Waals surface area contributed by atoms with Crippen LogP contribution in [0.2, 0.25) is 0 Å². The molecule has 0 aliphatic carbocycles. The third-order valence-corrected chi connectivity index (χ3v) is 2.69. The molecule has 1 saturated heterocycles. The van der Waals surface area contributed by atoms with Crippen LogP contribution in [0, 0.1) is 0 Å². The number of ether oxygens (including phenoxy) is 2. The molecule has 1 aliphatic heterocycles. The molecule has 0 spiro atoms. The van der Waals surface area contributed by atoms with Gasteiger partial charge in [0.15, 0.2) is 0 Å². The molecule has 0 radical (unpaired) electrons. The Kier molecular flexibility index (Phi) is 2.71. The summed E-state index contributed by atoms with van der Waals surface area (Å²) in [7, 11) is 2.94. The number of esters is 3. The Hall–Kier alpha value is -2.11. The second-order valence-corrected chi connectivity index (χ2v) is 3.81. The second-order valence-electron chi connectivity index (χ2n) is 3.81. The highest BCUT2D eigenvalue weighted by atomic mass is 16.6. The van der Waals surface area contributed by atoms with E-state index in [-0.39, 0.29) is 6.42 Å². The number of carbonyl (C=O) groups excluding carboxylic acids is 3. The van der Waals surface area contributed by atoms with Crippen LogP contribution >= 0.6 is 0 Å². The van der Waals surface area contributed by atoms with Crippen molar-refractivity contribution in [1.82, 2.24) is 4.57 Å². The lowest BCUT2D eigenvalue weighted by Gasteiger charge is -1.98. The van der Waals surface area contributed by atoms with E-state index < -0.39 is 23.8 Å². The van der Waals surface area contributed by atoms with Crippen molar-refractivity contribution >= 4 is 17.9 Å². The Morgan fingerprint density at radius 1 is 1.53 bits per heavy atom. The molecule has 1 fully saturated rings. The van der Waals surface area contributed by atoms with Gasteiger partial charge in [-0.05, 0) is 11.6 Å². The van der Waals surface area contributed by atoms with Gasteiger partial charge in [0.1, 0.15) is 5.69 Å². The number of nitrogens with zero attached hydrogens (tertiary/aromatic N) is 1. The van der Waals surface area contributed by atoms with E-state index in [2.05, 4.69) is 9.47 Å². The summed E-state index contributed by atoms with van der Waals surface area (Å²) in [5.41, 5.74) is 0.915. The molecule has 1 aromatic heterocycles. The fourth-order valence-electron chi connectivity index (χ4n) is 1.82. The van der Waals surface area contributed by atoms with Crippen molar-refractivity contribution in [2.75, 3.05) is 7.11 Å². The third kappa shape index (κ3) is 1.93. The largest absolute Gasteiger partial charge is 0.464 e. The van der Waals surface area contributed by atoms with E-state index in [0.29, 0.717) is 11.3 Å². The monoisotopic (exact) mass is 237 g/mol. The summed E-state index contributed by atoms with van der Waals surface area (Å²) in [4.78, 5) is 33.7. The summed E-state index contributed by atoms with van der Waals surface area (Å²) >= 11 is 0.